The largest absolute Gasteiger partial charge is 0.494 e. The van der Waals surface area contributed by atoms with Crippen molar-refractivity contribution in [3.8, 4) is 17.2 Å². The first-order valence-electron chi connectivity index (χ1n) is 8.78. The Bertz CT molecular complexity index is 728. The maximum atomic E-state index is 12.1. The lowest BCUT2D eigenvalue weighted by Crippen LogP contribution is -2.20. The Kier molecular flexibility index (Phi) is 7.33. The van der Waals surface area contributed by atoms with Crippen molar-refractivity contribution >= 4 is 11.6 Å². The summed E-state index contributed by atoms with van der Waals surface area (Å²) in [6.07, 6.45) is 0.989. The third kappa shape index (κ3) is 6.31. The molecule has 0 saturated heterocycles. The van der Waals surface area contributed by atoms with Crippen LogP contribution in [-0.2, 0) is 4.79 Å². The maximum Gasteiger partial charge on any atom is 0.262 e. The highest BCUT2D eigenvalue weighted by Crippen LogP contribution is 2.27. The number of hydrogen-bond donors (Lipinski definition) is 1. The molecule has 0 unspecified atom stereocenters. The molecule has 1 amide bonds. The fourth-order valence-corrected chi connectivity index (χ4v) is 2.31. The van der Waals surface area contributed by atoms with Gasteiger partial charge >= 0.3 is 0 Å². The van der Waals surface area contributed by atoms with Crippen LogP contribution in [0.4, 0.5) is 5.69 Å². The summed E-state index contributed by atoms with van der Waals surface area (Å²) >= 11 is 0. The van der Waals surface area contributed by atoms with Gasteiger partial charge in [0.05, 0.1) is 13.7 Å². The van der Waals surface area contributed by atoms with E-state index in [9.17, 15) is 4.79 Å². The van der Waals surface area contributed by atoms with Crippen molar-refractivity contribution in [2.75, 3.05) is 25.6 Å². The van der Waals surface area contributed by atoms with Crippen molar-refractivity contribution < 1.29 is 19.0 Å². The van der Waals surface area contributed by atoms with Gasteiger partial charge in [-0.3, -0.25) is 4.79 Å². The summed E-state index contributed by atoms with van der Waals surface area (Å²) in [5.74, 6) is 2.24. The van der Waals surface area contributed by atoms with Gasteiger partial charge in [-0.1, -0.05) is 26.0 Å². The quantitative estimate of drug-likeness (QED) is 0.720. The number of nitrogens with one attached hydrogen (secondary N) is 1. The van der Waals surface area contributed by atoms with Crippen molar-refractivity contribution in [1.82, 2.24) is 0 Å². The molecule has 1 N–H and O–H groups in total. The monoisotopic (exact) mass is 357 g/mol. The number of aryl methyl sites for hydroxylation is 1. The highest BCUT2D eigenvalue weighted by atomic mass is 16.5. The Labute approximate surface area is 155 Å². The third-order valence-electron chi connectivity index (χ3n) is 3.76. The topological polar surface area (TPSA) is 56.8 Å². The number of amides is 1. The first-order valence-corrected chi connectivity index (χ1v) is 8.78. The van der Waals surface area contributed by atoms with Crippen LogP contribution in [0.1, 0.15) is 25.8 Å². The molecule has 5 nitrogen and oxygen atoms in total. The van der Waals surface area contributed by atoms with Crippen molar-refractivity contribution in [3.05, 3.63) is 48.0 Å². The first-order chi connectivity index (χ1) is 12.5. The van der Waals surface area contributed by atoms with E-state index in [1.807, 2.05) is 43.3 Å². The van der Waals surface area contributed by atoms with E-state index in [1.165, 1.54) is 0 Å². The number of carbonyl (C=O) groups is 1. The molecule has 26 heavy (non-hydrogen) atoms. The molecule has 0 atom stereocenters. The van der Waals surface area contributed by atoms with Gasteiger partial charge in [-0.2, -0.15) is 0 Å². The summed E-state index contributed by atoms with van der Waals surface area (Å²) in [6.45, 7) is 6.84. The summed E-state index contributed by atoms with van der Waals surface area (Å²) in [5, 5.41) is 2.82. The minimum atomic E-state index is -0.244. The summed E-state index contributed by atoms with van der Waals surface area (Å²) in [5.41, 5.74) is 1.74. The van der Waals surface area contributed by atoms with E-state index in [0.717, 1.165) is 17.7 Å². The average Bonchev–Trinajstić information content (AvgIpc) is 2.60. The standard InChI is InChI=1S/C21H27NO4/c1-15(2)10-11-25-18-7-5-6-17(13-18)22-21(23)14-26-19-9-8-16(3)12-20(19)24-4/h5-9,12-13,15H,10-11,14H2,1-4H3,(H,22,23). The van der Waals surface area contributed by atoms with Crippen LogP contribution in [0.15, 0.2) is 42.5 Å². The molecular weight excluding hydrogens is 330 g/mol. The van der Waals surface area contributed by atoms with Gasteiger partial charge in [0, 0.05) is 11.8 Å². The number of carbonyl (C=O) groups excluding carboxylic acids is 1. The van der Waals surface area contributed by atoms with Crippen LogP contribution in [0, 0.1) is 12.8 Å². The zero-order valence-corrected chi connectivity index (χ0v) is 15.9. The SMILES string of the molecule is COc1cc(C)ccc1OCC(=O)Nc1cccc(OCCC(C)C)c1. The molecule has 5 heteroatoms. The molecular formula is C21H27NO4. The molecule has 0 aromatic heterocycles. The minimum Gasteiger partial charge on any atom is -0.494 e. The molecule has 0 bridgehead atoms. The summed E-state index contributed by atoms with van der Waals surface area (Å²) < 4.78 is 16.6. The molecule has 0 saturated carbocycles. The first kappa shape index (κ1) is 19.6. The van der Waals surface area contributed by atoms with Crippen LogP contribution in [-0.4, -0.2) is 26.2 Å². The van der Waals surface area contributed by atoms with Crippen LogP contribution >= 0.6 is 0 Å². The highest BCUT2D eigenvalue weighted by molar-refractivity contribution is 5.92. The molecule has 0 spiro atoms. The number of rotatable bonds is 9. The van der Waals surface area contributed by atoms with Crippen LogP contribution < -0.4 is 19.5 Å². The predicted octanol–water partition coefficient (Wildman–Crippen LogP) is 4.45. The zero-order valence-electron chi connectivity index (χ0n) is 15.9. The second-order valence-corrected chi connectivity index (χ2v) is 6.55. The van der Waals surface area contributed by atoms with Gasteiger partial charge < -0.3 is 19.5 Å². The Morgan fingerprint density at radius 1 is 1.08 bits per heavy atom. The van der Waals surface area contributed by atoms with Gasteiger partial charge in [-0.05, 0) is 49.1 Å². The second-order valence-electron chi connectivity index (χ2n) is 6.55. The lowest BCUT2D eigenvalue weighted by atomic mass is 10.1. The van der Waals surface area contributed by atoms with Gasteiger partial charge in [0.25, 0.3) is 5.91 Å². The summed E-state index contributed by atoms with van der Waals surface area (Å²) in [4.78, 5) is 12.1. The third-order valence-corrected chi connectivity index (χ3v) is 3.76. The molecule has 0 aliphatic rings. The van der Waals surface area contributed by atoms with Crippen LogP contribution in [0.3, 0.4) is 0 Å². The molecule has 0 radical (unpaired) electrons. The predicted molar refractivity (Wildman–Crippen MR) is 103 cm³/mol. The Morgan fingerprint density at radius 3 is 2.62 bits per heavy atom. The molecule has 0 aliphatic heterocycles. The molecule has 140 valence electrons. The van der Waals surface area contributed by atoms with E-state index in [2.05, 4.69) is 19.2 Å². The fraction of sp³-hybridized carbons (Fsp3) is 0.381. The lowest BCUT2D eigenvalue weighted by molar-refractivity contribution is -0.118. The van der Waals surface area contributed by atoms with Crippen LogP contribution in [0.25, 0.3) is 0 Å². The van der Waals surface area contributed by atoms with Gasteiger partial charge in [0.1, 0.15) is 5.75 Å². The van der Waals surface area contributed by atoms with Crippen LogP contribution in [0.2, 0.25) is 0 Å². The maximum absolute atomic E-state index is 12.1. The van der Waals surface area contributed by atoms with Crippen molar-refractivity contribution in [3.63, 3.8) is 0 Å². The van der Waals surface area contributed by atoms with Gasteiger partial charge in [-0.25, -0.2) is 0 Å². The normalized spacial score (nSPS) is 10.5. The summed E-state index contributed by atoms with van der Waals surface area (Å²) in [6, 6.07) is 12.9. The lowest BCUT2D eigenvalue weighted by Gasteiger charge is -2.12. The minimum absolute atomic E-state index is 0.0994. The molecule has 2 rings (SSSR count). The van der Waals surface area contributed by atoms with E-state index in [4.69, 9.17) is 14.2 Å². The molecule has 2 aromatic rings. The second kappa shape index (κ2) is 9.70. The fourth-order valence-electron chi connectivity index (χ4n) is 2.31. The van der Waals surface area contributed by atoms with E-state index < -0.39 is 0 Å². The number of anilines is 1. The van der Waals surface area contributed by atoms with E-state index in [0.29, 0.717) is 29.7 Å². The van der Waals surface area contributed by atoms with Crippen molar-refractivity contribution in [1.29, 1.82) is 0 Å². The summed E-state index contributed by atoms with van der Waals surface area (Å²) in [7, 11) is 1.58. The zero-order chi connectivity index (χ0) is 18.9. The van der Waals surface area contributed by atoms with Gasteiger partial charge in [0.2, 0.25) is 0 Å². The molecule has 0 fully saturated rings. The van der Waals surface area contributed by atoms with Gasteiger partial charge in [-0.15, -0.1) is 0 Å². The Morgan fingerprint density at radius 2 is 1.88 bits per heavy atom. The molecule has 2 aromatic carbocycles. The van der Waals surface area contributed by atoms with Crippen molar-refractivity contribution in [2.45, 2.75) is 27.2 Å². The number of benzene rings is 2. The number of methoxy groups -OCH3 is 1. The van der Waals surface area contributed by atoms with E-state index in [-0.39, 0.29) is 12.5 Å². The van der Waals surface area contributed by atoms with Gasteiger partial charge in [0.15, 0.2) is 18.1 Å². The van der Waals surface area contributed by atoms with E-state index in [1.54, 1.807) is 13.2 Å². The molecule has 0 heterocycles. The van der Waals surface area contributed by atoms with E-state index >= 15 is 0 Å². The van der Waals surface area contributed by atoms with Crippen LogP contribution in [0.5, 0.6) is 17.2 Å². The Balaban J connectivity index is 1.88. The van der Waals surface area contributed by atoms with Crippen molar-refractivity contribution in [2.24, 2.45) is 5.92 Å². The average molecular weight is 357 g/mol. The number of ether oxygens (including phenoxy) is 3. The molecule has 0 aliphatic carbocycles. The smallest absolute Gasteiger partial charge is 0.262 e. The Hall–Kier alpha value is -2.69. The highest BCUT2D eigenvalue weighted by Gasteiger charge is 2.09. The number of hydrogen-bond acceptors (Lipinski definition) is 4.